The zero-order valence-corrected chi connectivity index (χ0v) is 26.2. The highest BCUT2D eigenvalue weighted by Gasteiger charge is 2.31. The van der Waals surface area contributed by atoms with Gasteiger partial charge in [-0.1, -0.05) is 88.4 Å². The second kappa shape index (κ2) is 17.0. The summed E-state index contributed by atoms with van der Waals surface area (Å²) in [4.78, 5) is 52.6. The number of cyclic esters (lactones) is 2. The number of hydrogen-bond acceptors (Lipinski definition) is 7. The molecule has 1 aliphatic heterocycles. The van der Waals surface area contributed by atoms with E-state index < -0.39 is 47.9 Å². The van der Waals surface area contributed by atoms with Crippen LogP contribution in [-0.4, -0.2) is 55.7 Å². The lowest BCUT2D eigenvalue weighted by molar-refractivity contribution is -0.175. The van der Waals surface area contributed by atoms with Crippen LogP contribution in [0.1, 0.15) is 51.7 Å². The van der Waals surface area contributed by atoms with Gasteiger partial charge in [-0.3, -0.25) is 14.4 Å². The van der Waals surface area contributed by atoms with Crippen LogP contribution in [0.4, 0.5) is 0 Å². The number of benzene rings is 2. The molecule has 0 fully saturated rings. The van der Waals surface area contributed by atoms with Crippen molar-refractivity contribution in [2.45, 2.75) is 65.2 Å². The molecule has 3 rings (SSSR count). The summed E-state index contributed by atoms with van der Waals surface area (Å²) < 4.78 is 16.8. The molecule has 0 aliphatic carbocycles. The molecule has 0 spiro atoms. The number of methoxy groups -OCH3 is 1. The van der Waals surface area contributed by atoms with E-state index in [2.05, 4.69) is 10.6 Å². The molecule has 0 radical (unpaired) electrons. The summed E-state index contributed by atoms with van der Waals surface area (Å²) in [6, 6.07) is 16.1. The third kappa shape index (κ3) is 11.0. The van der Waals surface area contributed by atoms with Gasteiger partial charge in [-0.15, -0.1) is 0 Å². The van der Waals surface area contributed by atoms with Gasteiger partial charge in [-0.2, -0.15) is 0 Å². The van der Waals surface area contributed by atoms with Crippen molar-refractivity contribution in [2.24, 2.45) is 17.8 Å². The number of esters is 2. The van der Waals surface area contributed by atoms with Crippen LogP contribution in [0.3, 0.4) is 0 Å². The molecule has 0 saturated heterocycles. The first-order chi connectivity index (χ1) is 21.0. The highest BCUT2D eigenvalue weighted by Crippen LogP contribution is 2.20. The van der Waals surface area contributed by atoms with E-state index >= 15 is 0 Å². The van der Waals surface area contributed by atoms with Gasteiger partial charge in [0.15, 0.2) is 6.10 Å². The summed E-state index contributed by atoms with van der Waals surface area (Å²) in [6.45, 7) is 7.36. The van der Waals surface area contributed by atoms with Crippen LogP contribution in [-0.2, 0) is 35.1 Å². The molecule has 2 amide bonds. The Bertz CT molecular complexity index is 1300. The Hall–Kier alpha value is -4.40. The molecule has 5 atom stereocenters. The number of amides is 2. The van der Waals surface area contributed by atoms with Crippen molar-refractivity contribution >= 4 is 29.8 Å². The lowest BCUT2D eigenvalue weighted by Crippen LogP contribution is -2.49. The molecular weight excluding hydrogens is 560 g/mol. The Balaban J connectivity index is 1.88. The Labute approximate surface area is 260 Å². The molecule has 1 aliphatic rings. The molecule has 236 valence electrons. The third-order valence-electron chi connectivity index (χ3n) is 7.31. The normalized spacial score (nSPS) is 23.0. The fourth-order valence-corrected chi connectivity index (χ4v) is 4.62. The summed E-state index contributed by atoms with van der Waals surface area (Å²) in [7, 11) is 1.57. The van der Waals surface area contributed by atoms with Crippen molar-refractivity contribution in [3.05, 3.63) is 84.0 Å². The van der Waals surface area contributed by atoms with E-state index in [0.717, 1.165) is 11.1 Å². The highest BCUT2D eigenvalue weighted by molar-refractivity contribution is 5.93. The number of hydrogen-bond donors (Lipinski definition) is 2. The van der Waals surface area contributed by atoms with E-state index in [1.165, 1.54) is 6.08 Å². The monoisotopic (exact) mass is 604 g/mol. The van der Waals surface area contributed by atoms with Gasteiger partial charge in [0.2, 0.25) is 11.8 Å². The Morgan fingerprint density at radius 2 is 1.66 bits per heavy atom. The predicted molar refractivity (Wildman–Crippen MR) is 168 cm³/mol. The van der Waals surface area contributed by atoms with Gasteiger partial charge >= 0.3 is 11.9 Å². The molecule has 2 aromatic carbocycles. The molecule has 0 aromatic heterocycles. The number of carbonyl (C=O) groups excluding carboxylic acids is 4. The third-order valence-corrected chi connectivity index (χ3v) is 7.31. The maximum absolute atomic E-state index is 13.4. The van der Waals surface area contributed by atoms with Crippen LogP contribution in [0.5, 0.6) is 5.75 Å². The van der Waals surface area contributed by atoms with E-state index in [-0.39, 0.29) is 37.6 Å². The first-order valence-electron chi connectivity index (χ1n) is 15.1. The quantitative estimate of drug-likeness (QED) is 0.421. The molecule has 2 N–H and O–H groups in total. The minimum atomic E-state index is -1.10. The molecule has 9 nitrogen and oxygen atoms in total. The van der Waals surface area contributed by atoms with Crippen LogP contribution in [0.15, 0.2) is 72.8 Å². The first kappa shape index (κ1) is 34.1. The number of nitrogens with one attached hydrogen (secondary N) is 2. The molecule has 44 heavy (non-hydrogen) atoms. The van der Waals surface area contributed by atoms with E-state index in [1.54, 1.807) is 32.2 Å². The van der Waals surface area contributed by atoms with Gasteiger partial charge in [0.05, 0.1) is 13.0 Å². The maximum Gasteiger partial charge on any atom is 0.347 e. The fourth-order valence-electron chi connectivity index (χ4n) is 4.62. The van der Waals surface area contributed by atoms with Crippen molar-refractivity contribution in [3.8, 4) is 5.75 Å². The van der Waals surface area contributed by atoms with Crippen molar-refractivity contribution in [2.75, 3.05) is 13.7 Å². The van der Waals surface area contributed by atoms with Gasteiger partial charge in [-0.05, 0) is 41.7 Å². The fraction of sp³-hybridized carbons (Fsp3) is 0.429. The SMILES string of the molecule is COc1ccc(C[C@H]2NC(=O)C=CC[C@@H]([C@H](C)/C=C/c3ccccc3)OC(=O)[C@H](CC(C)C)OC(=O)[C@H](C)CNC2=O)cc1. The van der Waals surface area contributed by atoms with Crippen molar-refractivity contribution < 1.29 is 33.4 Å². The van der Waals surface area contributed by atoms with Gasteiger partial charge in [0.25, 0.3) is 0 Å². The van der Waals surface area contributed by atoms with Crippen LogP contribution < -0.4 is 15.4 Å². The van der Waals surface area contributed by atoms with Crippen molar-refractivity contribution in [1.82, 2.24) is 10.6 Å². The smallest absolute Gasteiger partial charge is 0.347 e. The summed E-state index contributed by atoms with van der Waals surface area (Å²) in [5, 5.41) is 5.52. The molecule has 9 heteroatoms. The highest BCUT2D eigenvalue weighted by atomic mass is 16.6. The average Bonchev–Trinajstić information content (AvgIpc) is 3.01. The lowest BCUT2D eigenvalue weighted by Gasteiger charge is -2.26. The minimum Gasteiger partial charge on any atom is -0.497 e. The molecule has 0 unspecified atom stereocenters. The second-order valence-corrected chi connectivity index (χ2v) is 11.6. The largest absolute Gasteiger partial charge is 0.497 e. The zero-order chi connectivity index (χ0) is 32.1. The topological polar surface area (TPSA) is 120 Å². The maximum atomic E-state index is 13.4. The average molecular weight is 605 g/mol. The standard InChI is InChI=1S/C35H44N2O7/c1-23(2)20-31-35(41)43-30(24(3)14-15-26-10-7-6-8-11-26)12-9-13-32(38)37-29(21-27-16-18-28(42-5)19-17-27)33(39)36-22-25(4)34(40)44-31/h6-11,13-19,23-25,29-31H,12,20-22H2,1-5H3,(H,36,39)(H,37,38)/b13-9?,15-14+/t24-,25-,29-,30+,31+/m1/s1. The van der Waals surface area contributed by atoms with Crippen molar-refractivity contribution in [3.63, 3.8) is 0 Å². The number of rotatable bonds is 8. The number of carbonyl (C=O) groups is 4. The second-order valence-electron chi connectivity index (χ2n) is 11.6. The Morgan fingerprint density at radius 1 is 0.955 bits per heavy atom. The lowest BCUT2D eigenvalue weighted by atomic mass is 9.99. The first-order valence-corrected chi connectivity index (χ1v) is 15.1. The molecule has 0 bridgehead atoms. The molecular formula is C35H44N2O7. The van der Waals surface area contributed by atoms with E-state index in [4.69, 9.17) is 14.2 Å². The Morgan fingerprint density at radius 3 is 2.32 bits per heavy atom. The van der Waals surface area contributed by atoms with Crippen LogP contribution in [0.25, 0.3) is 6.08 Å². The summed E-state index contributed by atoms with van der Waals surface area (Å²) in [5.74, 6) is -2.41. The summed E-state index contributed by atoms with van der Waals surface area (Å²) >= 11 is 0. The van der Waals surface area contributed by atoms with Crippen LogP contribution >= 0.6 is 0 Å². The van der Waals surface area contributed by atoms with Crippen molar-refractivity contribution in [1.29, 1.82) is 0 Å². The van der Waals surface area contributed by atoms with Gasteiger partial charge in [-0.25, -0.2) is 4.79 Å². The Kier molecular flexibility index (Phi) is 13.2. The molecule has 0 saturated carbocycles. The zero-order valence-electron chi connectivity index (χ0n) is 26.2. The van der Waals surface area contributed by atoms with E-state index in [0.29, 0.717) is 5.75 Å². The van der Waals surface area contributed by atoms with E-state index in [9.17, 15) is 19.2 Å². The van der Waals surface area contributed by atoms with Gasteiger partial charge < -0.3 is 24.8 Å². The number of ether oxygens (including phenoxy) is 3. The molecule has 1 heterocycles. The summed E-state index contributed by atoms with van der Waals surface area (Å²) in [5.41, 5.74) is 1.82. The van der Waals surface area contributed by atoms with Gasteiger partial charge in [0, 0.05) is 25.3 Å². The minimum absolute atomic E-state index is 0.0319. The van der Waals surface area contributed by atoms with Crippen LogP contribution in [0, 0.1) is 17.8 Å². The summed E-state index contributed by atoms with van der Waals surface area (Å²) in [6.07, 6.45) is 5.87. The van der Waals surface area contributed by atoms with Gasteiger partial charge in [0.1, 0.15) is 17.9 Å². The molecule has 2 aromatic rings. The predicted octanol–water partition coefficient (Wildman–Crippen LogP) is 4.65. The van der Waals surface area contributed by atoms with Crippen LogP contribution in [0.2, 0.25) is 0 Å². The van der Waals surface area contributed by atoms with E-state index in [1.807, 2.05) is 75.4 Å².